The zero-order valence-corrected chi connectivity index (χ0v) is 10.5. The van der Waals surface area contributed by atoms with Crippen LogP contribution in [0.5, 0.6) is 0 Å². The molecule has 0 unspecified atom stereocenters. The lowest BCUT2D eigenvalue weighted by Crippen LogP contribution is -2.36. The molecule has 2 aliphatic rings. The van der Waals surface area contributed by atoms with E-state index in [4.69, 9.17) is 0 Å². The van der Waals surface area contributed by atoms with Crippen molar-refractivity contribution in [2.45, 2.75) is 57.8 Å². The molecular weight excluding hydrogens is 214 g/mol. The molecule has 2 aliphatic carbocycles. The van der Waals surface area contributed by atoms with Crippen molar-refractivity contribution in [3.8, 4) is 0 Å². The Kier molecular flexibility index (Phi) is 4.57. The summed E-state index contributed by atoms with van der Waals surface area (Å²) in [6.07, 6.45) is 9.24. The molecule has 17 heavy (non-hydrogen) atoms. The SMILES string of the molecule is O=C1CCC(C(=O)NCC2CCCCC2)CC1. The molecule has 3 nitrogen and oxygen atoms in total. The van der Waals surface area contributed by atoms with E-state index in [1.54, 1.807) is 0 Å². The largest absolute Gasteiger partial charge is 0.356 e. The second-order valence-electron chi connectivity index (χ2n) is 5.56. The zero-order valence-electron chi connectivity index (χ0n) is 10.5. The number of carbonyl (C=O) groups is 2. The van der Waals surface area contributed by atoms with Gasteiger partial charge in [-0.3, -0.25) is 9.59 Å². The van der Waals surface area contributed by atoms with Gasteiger partial charge in [0.25, 0.3) is 0 Å². The van der Waals surface area contributed by atoms with E-state index in [-0.39, 0.29) is 11.8 Å². The molecule has 0 atom stereocenters. The Labute approximate surface area is 103 Å². The fourth-order valence-electron chi connectivity index (χ4n) is 2.98. The average molecular weight is 237 g/mol. The Morgan fingerprint density at radius 1 is 1.06 bits per heavy atom. The lowest BCUT2D eigenvalue weighted by molar-refractivity contribution is -0.128. The maximum absolute atomic E-state index is 11.9. The van der Waals surface area contributed by atoms with Gasteiger partial charge in [-0.05, 0) is 31.6 Å². The highest BCUT2D eigenvalue weighted by atomic mass is 16.2. The van der Waals surface area contributed by atoms with Crippen molar-refractivity contribution in [3.63, 3.8) is 0 Å². The van der Waals surface area contributed by atoms with E-state index in [9.17, 15) is 9.59 Å². The lowest BCUT2D eigenvalue weighted by Gasteiger charge is -2.24. The van der Waals surface area contributed by atoms with Gasteiger partial charge in [0.2, 0.25) is 5.91 Å². The van der Waals surface area contributed by atoms with Gasteiger partial charge in [-0.15, -0.1) is 0 Å². The van der Waals surface area contributed by atoms with E-state index in [2.05, 4.69) is 5.32 Å². The lowest BCUT2D eigenvalue weighted by atomic mass is 9.87. The van der Waals surface area contributed by atoms with Gasteiger partial charge in [0.05, 0.1) is 0 Å². The highest BCUT2D eigenvalue weighted by Gasteiger charge is 2.25. The summed E-state index contributed by atoms with van der Waals surface area (Å²) in [5.41, 5.74) is 0. The minimum Gasteiger partial charge on any atom is -0.356 e. The van der Waals surface area contributed by atoms with E-state index >= 15 is 0 Å². The number of amides is 1. The molecular formula is C14H23NO2. The Morgan fingerprint density at radius 3 is 2.35 bits per heavy atom. The molecule has 2 fully saturated rings. The first-order valence-electron chi connectivity index (χ1n) is 7.05. The molecule has 0 bridgehead atoms. The van der Waals surface area contributed by atoms with Crippen molar-refractivity contribution in [3.05, 3.63) is 0 Å². The van der Waals surface area contributed by atoms with Crippen LogP contribution in [-0.4, -0.2) is 18.2 Å². The molecule has 1 amide bonds. The van der Waals surface area contributed by atoms with Crippen LogP contribution in [0.3, 0.4) is 0 Å². The molecule has 0 aromatic carbocycles. The maximum atomic E-state index is 11.9. The molecule has 0 radical (unpaired) electrons. The third-order valence-electron chi connectivity index (χ3n) is 4.20. The summed E-state index contributed by atoms with van der Waals surface area (Å²) in [6, 6.07) is 0. The van der Waals surface area contributed by atoms with Crippen LogP contribution < -0.4 is 5.32 Å². The van der Waals surface area contributed by atoms with Crippen molar-refractivity contribution in [1.82, 2.24) is 5.32 Å². The van der Waals surface area contributed by atoms with Crippen molar-refractivity contribution < 1.29 is 9.59 Å². The standard InChI is InChI=1S/C14H23NO2/c16-13-8-6-12(7-9-13)14(17)15-10-11-4-2-1-3-5-11/h11-12H,1-10H2,(H,15,17). The van der Waals surface area contributed by atoms with Crippen LogP contribution in [0.4, 0.5) is 0 Å². The summed E-state index contributed by atoms with van der Waals surface area (Å²) >= 11 is 0. The first kappa shape index (κ1) is 12.6. The minimum absolute atomic E-state index is 0.0938. The molecule has 1 N–H and O–H groups in total. The Hall–Kier alpha value is -0.860. The highest BCUT2D eigenvalue weighted by Crippen LogP contribution is 2.24. The summed E-state index contributed by atoms with van der Waals surface area (Å²) in [4.78, 5) is 23.0. The predicted molar refractivity (Wildman–Crippen MR) is 66.5 cm³/mol. The highest BCUT2D eigenvalue weighted by molar-refractivity contribution is 5.84. The fourth-order valence-corrected chi connectivity index (χ4v) is 2.98. The number of rotatable bonds is 3. The van der Waals surface area contributed by atoms with E-state index in [1.807, 2.05) is 0 Å². The number of ketones is 1. The van der Waals surface area contributed by atoms with E-state index in [1.165, 1.54) is 32.1 Å². The summed E-state index contributed by atoms with van der Waals surface area (Å²) in [6.45, 7) is 0.850. The molecule has 0 aromatic rings. The molecule has 96 valence electrons. The number of carbonyl (C=O) groups excluding carboxylic acids is 2. The monoisotopic (exact) mass is 237 g/mol. The van der Waals surface area contributed by atoms with Crippen molar-refractivity contribution in [1.29, 1.82) is 0 Å². The number of Topliss-reactive ketones (excluding diaryl/α,β-unsaturated/α-hetero) is 1. The molecule has 0 spiro atoms. The third-order valence-corrected chi connectivity index (χ3v) is 4.20. The number of nitrogens with one attached hydrogen (secondary N) is 1. The van der Waals surface area contributed by atoms with Gasteiger partial charge >= 0.3 is 0 Å². The Bertz CT molecular complexity index is 272. The van der Waals surface area contributed by atoms with Gasteiger partial charge < -0.3 is 5.32 Å². The Balaban J connectivity index is 1.67. The van der Waals surface area contributed by atoms with Crippen LogP contribution >= 0.6 is 0 Å². The summed E-state index contributed by atoms with van der Waals surface area (Å²) in [5.74, 6) is 1.29. The molecule has 0 heterocycles. The topological polar surface area (TPSA) is 46.2 Å². The van der Waals surface area contributed by atoms with Crippen LogP contribution in [0.15, 0.2) is 0 Å². The van der Waals surface area contributed by atoms with E-state index < -0.39 is 0 Å². The molecule has 0 saturated heterocycles. The van der Waals surface area contributed by atoms with Gasteiger partial charge in [-0.1, -0.05) is 19.3 Å². The molecule has 2 rings (SSSR count). The van der Waals surface area contributed by atoms with Crippen molar-refractivity contribution >= 4 is 11.7 Å². The quantitative estimate of drug-likeness (QED) is 0.819. The fraction of sp³-hybridized carbons (Fsp3) is 0.857. The van der Waals surface area contributed by atoms with Gasteiger partial charge in [-0.25, -0.2) is 0 Å². The van der Waals surface area contributed by atoms with E-state index in [0.717, 1.165) is 19.4 Å². The molecule has 0 aliphatic heterocycles. The van der Waals surface area contributed by atoms with Gasteiger partial charge in [0.1, 0.15) is 5.78 Å². The number of hydrogen-bond donors (Lipinski definition) is 1. The normalized spacial score (nSPS) is 23.6. The van der Waals surface area contributed by atoms with Gasteiger partial charge in [0, 0.05) is 25.3 Å². The summed E-state index contributed by atoms with van der Waals surface area (Å²) < 4.78 is 0. The second-order valence-corrected chi connectivity index (χ2v) is 5.56. The Morgan fingerprint density at radius 2 is 1.71 bits per heavy atom. The maximum Gasteiger partial charge on any atom is 0.223 e. The first-order chi connectivity index (χ1) is 8.25. The smallest absolute Gasteiger partial charge is 0.223 e. The van der Waals surface area contributed by atoms with Crippen molar-refractivity contribution in [2.24, 2.45) is 11.8 Å². The second kappa shape index (κ2) is 6.18. The van der Waals surface area contributed by atoms with Crippen LogP contribution in [0.1, 0.15) is 57.8 Å². The number of hydrogen-bond acceptors (Lipinski definition) is 2. The van der Waals surface area contributed by atoms with Crippen LogP contribution in [0.25, 0.3) is 0 Å². The summed E-state index contributed by atoms with van der Waals surface area (Å²) in [7, 11) is 0. The molecule has 0 aromatic heterocycles. The molecule has 3 heteroatoms. The van der Waals surface area contributed by atoms with Gasteiger partial charge in [0.15, 0.2) is 0 Å². The predicted octanol–water partition coefficient (Wildman–Crippen LogP) is 2.44. The summed E-state index contributed by atoms with van der Waals surface area (Å²) in [5, 5.41) is 3.09. The first-order valence-corrected chi connectivity index (χ1v) is 7.05. The van der Waals surface area contributed by atoms with Gasteiger partial charge in [-0.2, -0.15) is 0 Å². The van der Waals surface area contributed by atoms with Crippen molar-refractivity contribution in [2.75, 3.05) is 6.54 Å². The zero-order chi connectivity index (χ0) is 12.1. The van der Waals surface area contributed by atoms with E-state index in [0.29, 0.717) is 24.5 Å². The average Bonchev–Trinajstić information content (AvgIpc) is 2.38. The third kappa shape index (κ3) is 3.83. The van der Waals surface area contributed by atoms with Crippen LogP contribution in [0, 0.1) is 11.8 Å². The molecule has 2 saturated carbocycles. The minimum atomic E-state index is 0.0938. The van der Waals surface area contributed by atoms with Crippen LogP contribution in [0.2, 0.25) is 0 Å². The van der Waals surface area contributed by atoms with Crippen LogP contribution in [-0.2, 0) is 9.59 Å².